The van der Waals surface area contributed by atoms with Gasteiger partial charge in [0.1, 0.15) is 11.4 Å². The molecule has 2 bridgehead atoms. The second-order valence-corrected chi connectivity index (χ2v) is 9.61. The highest BCUT2D eigenvalue weighted by atomic mass is 19.2. The number of piperidine rings is 1. The van der Waals surface area contributed by atoms with Gasteiger partial charge in [-0.25, -0.2) is 18.0 Å². The molecule has 0 spiro atoms. The highest BCUT2D eigenvalue weighted by Gasteiger charge is 2.46. The fraction of sp³-hybridized carbons (Fsp3) is 0.609. The zero-order valence-electron chi connectivity index (χ0n) is 19.1. The Labute approximate surface area is 190 Å². The van der Waals surface area contributed by atoms with Crippen LogP contribution >= 0.6 is 0 Å². The number of carbonyl (C=O) groups is 3. The number of methoxy groups -OCH3 is 1. The summed E-state index contributed by atoms with van der Waals surface area (Å²) >= 11 is 0. The van der Waals surface area contributed by atoms with Crippen molar-refractivity contribution in [3.05, 3.63) is 35.1 Å². The van der Waals surface area contributed by atoms with E-state index < -0.39 is 52.6 Å². The summed E-state index contributed by atoms with van der Waals surface area (Å²) in [6.07, 6.45) is 1.47. The van der Waals surface area contributed by atoms with E-state index in [1.54, 1.807) is 20.8 Å². The van der Waals surface area contributed by atoms with Crippen LogP contribution in [0.2, 0.25) is 0 Å². The van der Waals surface area contributed by atoms with Gasteiger partial charge in [0.05, 0.1) is 19.1 Å². The van der Waals surface area contributed by atoms with Crippen molar-refractivity contribution in [2.75, 3.05) is 7.11 Å². The molecule has 0 radical (unpaired) electrons. The molecule has 2 unspecified atom stereocenters. The first kappa shape index (κ1) is 24.9. The Morgan fingerprint density at radius 1 is 1.06 bits per heavy atom. The first-order chi connectivity index (χ1) is 15.4. The first-order valence-corrected chi connectivity index (χ1v) is 10.9. The van der Waals surface area contributed by atoms with E-state index in [1.165, 1.54) is 12.0 Å². The maximum Gasteiger partial charge on any atom is 0.407 e. The van der Waals surface area contributed by atoms with Crippen molar-refractivity contribution in [3.8, 4) is 0 Å². The third-order valence-corrected chi connectivity index (χ3v) is 6.13. The largest absolute Gasteiger partial charge is 0.469 e. The van der Waals surface area contributed by atoms with E-state index >= 15 is 0 Å². The van der Waals surface area contributed by atoms with Crippen LogP contribution in [0.15, 0.2) is 12.1 Å². The highest BCUT2D eigenvalue weighted by molar-refractivity contribution is 5.95. The molecule has 2 amide bonds. The first-order valence-electron chi connectivity index (χ1n) is 10.9. The maximum atomic E-state index is 14.2. The summed E-state index contributed by atoms with van der Waals surface area (Å²) in [4.78, 5) is 38.9. The number of amides is 2. The molecular weight excluding hydrogens is 441 g/mol. The number of halogens is 3. The Balaban J connectivity index is 1.77. The van der Waals surface area contributed by atoms with Gasteiger partial charge in [0, 0.05) is 24.2 Å². The minimum atomic E-state index is -1.36. The number of esters is 1. The summed E-state index contributed by atoms with van der Waals surface area (Å²) in [6.45, 7) is 5.18. The smallest absolute Gasteiger partial charge is 0.407 e. The summed E-state index contributed by atoms with van der Waals surface area (Å²) in [5.74, 6) is -5.11. The molecule has 1 N–H and O–H groups in total. The van der Waals surface area contributed by atoms with E-state index in [0.29, 0.717) is 37.8 Å². The lowest BCUT2D eigenvalue weighted by Crippen LogP contribution is -2.52. The fourth-order valence-corrected chi connectivity index (χ4v) is 4.76. The average Bonchev–Trinajstić information content (AvgIpc) is 2.97. The molecule has 7 nitrogen and oxygen atoms in total. The lowest BCUT2D eigenvalue weighted by molar-refractivity contribution is -0.141. The topological polar surface area (TPSA) is 84.9 Å². The number of benzene rings is 1. The van der Waals surface area contributed by atoms with Gasteiger partial charge in [0.15, 0.2) is 11.6 Å². The number of rotatable bonds is 5. The monoisotopic (exact) mass is 470 g/mol. The molecular formula is C23H29F3N2O5. The lowest BCUT2D eigenvalue weighted by Gasteiger charge is -2.41. The van der Waals surface area contributed by atoms with Crippen molar-refractivity contribution in [1.82, 2.24) is 10.2 Å². The van der Waals surface area contributed by atoms with Crippen molar-refractivity contribution in [3.63, 3.8) is 0 Å². The van der Waals surface area contributed by atoms with Crippen molar-refractivity contribution in [2.24, 2.45) is 5.92 Å². The Morgan fingerprint density at radius 2 is 1.64 bits per heavy atom. The molecule has 182 valence electrons. The molecule has 2 fully saturated rings. The van der Waals surface area contributed by atoms with E-state index in [1.807, 2.05) is 0 Å². The van der Waals surface area contributed by atoms with E-state index in [-0.39, 0.29) is 24.4 Å². The fourth-order valence-electron chi connectivity index (χ4n) is 4.76. The summed E-state index contributed by atoms with van der Waals surface area (Å²) < 4.78 is 51.2. The van der Waals surface area contributed by atoms with Crippen LogP contribution in [0.25, 0.3) is 0 Å². The molecule has 2 aliphatic heterocycles. The molecule has 10 heteroatoms. The van der Waals surface area contributed by atoms with Crippen molar-refractivity contribution in [1.29, 1.82) is 0 Å². The van der Waals surface area contributed by atoms with Crippen LogP contribution in [0, 0.1) is 23.4 Å². The van der Waals surface area contributed by atoms with Gasteiger partial charge in [0.25, 0.3) is 5.91 Å². The van der Waals surface area contributed by atoms with E-state index in [0.717, 1.165) is 0 Å². The number of hydrogen-bond donors (Lipinski definition) is 1. The van der Waals surface area contributed by atoms with Gasteiger partial charge in [-0.15, -0.1) is 0 Å². The van der Waals surface area contributed by atoms with Crippen LogP contribution < -0.4 is 5.32 Å². The van der Waals surface area contributed by atoms with E-state index in [9.17, 15) is 27.6 Å². The average molecular weight is 470 g/mol. The van der Waals surface area contributed by atoms with Crippen LogP contribution in [-0.4, -0.2) is 53.7 Å². The predicted octanol–water partition coefficient (Wildman–Crippen LogP) is 3.94. The number of nitrogens with zero attached hydrogens (tertiary/aromatic N) is 1. The second kappa shape index (κ2) is 9.61. The molecule has 1 aromatic rings. The third-order valence-electron chi connectivity index (χ3n) is 6.13. The summed E-state index contributed by atoms with van der Waals surface area (Å²) in [7, 11) is 1.26. The van der Waals surface area contributed by atoms with Crippen LogP contribution in [0.1, 0.15) is 63.2 Å². The Bertz CT molecular complexity index is 919. The SMILES string of the molecule is COC(=O)C[C@@H](NC(=O)OC(C)(C)C)C1CC2CCC(C1)N2C(=O)c1cc(F)c(F)cc1F. The maximum absolute atomic E-state index is 14.2. The zero-order valence-corrected chi connectivity index (χ0v) is 19.1. The number of hydrogen-bond acceptors (Lipinski definition) is 5. The molecule has 0 aromatic heterocycles. The Morgan fingerprint density at radius 3 is 2.18 bits per heavy atom. The molecule has 1 aromatic carbocycles. The standard InChI is InChI=1S/C23H29F3N2O5/c1-23(2,3)33-22(31)27-19(11-20(29)32-4)12-7-13-5-6-14(8-12)28(13)21(30)15-9-17(25)18(26)10-16(15)24/h9-10,12-14,19H,5-8,11H2,1-4H3,(H,27,31)/t12?,13?,14?,19-/m1/s1. The van der Waals surface area contributed by atoms with Gasteiger partial charge in [-0.05, 0) is 58.4 Å². The van der Waals surface area contributed by atoms with Gasteiger partial charge in [-0.3, -0.25) is 9.59 Å². The van der Waals surface area contributed by atoms with Crippen molar-refractivity contribution in [2.45, 2.75) is 76.6 Å². The Hall–Kier alpha value is -2.78. The lowest BCUT2D eigenvalue weighted by atomic mass is 9.83. The van der Waals surface area contributed by atoms with Crippen LogP contribution in [-0.2, 0) is 14.3 Å². The molecule has 2 aliphatic rings. The second-order valence-electron chi connectivity index (χ2n) is 9.61. The van der Waals surface area contributed by atoms with Gasteiger partial charge in [-0.2, -0.15) is 0 Å². The van der Waals surface area contributed by atoms with Gasteiger partial charge >= 0.3 is 12.1 Å². The van der Waals surface area contributed by atoms with Crippen LogP contribution in [0.4, 0.5) is 18.0 Å². The predicted molar refractivity (Wildman–Crippen MR) is 112 cm³/mol. The number of ether oxygens (including phenoxy) is 2. The zero-order chi connectivity index (χ0) is 24.5. The van der Waals surface area contributed by atoms with Gasteiger partial charge in [-0.1, -0.05) is 0 Å². The van der Waals surface area contributed by atoms with Crippen molar-refractivity contribution >= 4 is 18.0 Å². The quantitative estimate of drug-likeness (QED) is 0.521. The molecule has 3 atom stereocenters. The molecule has 2 saturated heterocycles. The normalized spacial score (nSPS) is 23.1. The molecule has 3 rings (SSSR count). The van der Waals surface area contributed by atoms with Gasteiger partial charge < -0.3 is 19.7 Å². The van der Waals surface area contributed by atoms with Crippen molar-refractivity contribution < 1.29 is 37.0 Å². The number of alkyl carbamates (subject to hydrolysis) is 1. The Kier molecular flexibility index (Phi) is 7.23. The highest BCUT2D eigenvalue weighted by Crippen LogP contribution is 2.41. The van der Waals surface area contributed by atoms with Gasteiger partial charge in [0.2, 0.25) is 0 Å². The molecule has 0 aliphatic carbocycles. The van der Waals surface area contributed by atoms with E-state index in [4.69, 9.17) is 9.47 Å². The number of carbonyl (C=O) groups excluding carboxylic acids is 3. The summed E-state index contributed by atoms with van der Waals surface area (Å²) in [5.41, 5.74) is -1.23. The third kappa shape index (κ3) is 5.78. The molecule has 0 saturated carbocycles. The molecule has 33 heavy (non-hydrogen) atoms. The minimum absolute atomic E-state index is 0.0639. The number of fused-ring (bicyclic) bond motifs is 2. The molecule has 2 heterocycles. The summed E-state index contributed by atoms with van der Waals surface area (Å²) in [6, 6.07) is -0.187. The van der Waals surface area contributed by atoms with E-state index in [2.05, 4.69) is 5.32 Å². The van der Waals surface area contributed by atoms with Crippen LogP contribution in [0.3, 0.4) is 0 Å². The van der Waals surface area contributed by atoms with Crippen LogP contribution in [0.5, 0.6) is 0 Å². The minimum Gasteiger partial charge on any atom is -0.469 e. The summed E-state index contributed by atoms with van der Waals surface area (Å²) in [5, 5.41) is 2.76. The number of nitrogens with one attached hydrogen (secondary N) is 1.